The maximum atomic E-state index is 13.3. The molecular weight excluding hydrogens is 430 g/mol. The van der Waals surface area contributed by atoms with E-state index < -0.39 is 0 Å². The van der Waals surface area contributed by atoms with E-state index in [1.54, 1.807) is 30.9 Å². The van der Waals surface area contributed by atoms with Gasteiger partial charge in [-0.3, -0.25) is 14.3 Å². The molecule has 0 amide bonds. The van der Waals surface area contributed by atoms with Crippen molar-refractivity contribution in [3.05, 3.63) is 81.4 Å². The van der Waals surface area contributed by atoms with Crippen LogP contribution in [0.2, 0.25) is 0 Å². The summed E-state index contributed by atoms with van der Waals surface area (Å²) in [6.45, 7) is 13.8. The molecule has 4 heterocycles. The summed E-state index contributed by atoms with van der Waals surface area (Å²) >= 11 is 0. The lowest BCUT2D eigenvalue weighted by Gasteiger charge is -2.18. The van der Waals surface area contributed by atoms with Crippen molar-refractivity contribution in [2.45, 2.75) is 60.5 Å². The van der Waals surface area contributed by atoms with Crippen LogP contribution in [0.15, 0.2) is 46.1 Å². The monoisotopic (exact) mass is 459 g/mol. The van der Waals surface area contributed by atoms with Crippen molar-refractivity contribution in [2.24, 2.45) is 0 Å². The first-order valence-electron chi connectivity index (χ1n) is 11.1. The first kappa shape index (κ1) is 23.4. The lowest BCUT2D eigenvalue weighted by atomic mass is 9.95. The van der Waals surface area contributed by atoms with Crippen LogP contribution in [0, 0.1) is 27.7 Å². The molecule has 176 valence electrons. The Morgan fingerprint density at radius 1 is 1.06 bits per heavy atom. The molecule has 0 aliphatic heterocycles. The highest BCUT2D eigenvalue weighted by molar-refractivity contribution is 5.61. The normalized spacial score (nSPS) is 11.6. The maximum Gasteiger partial charge on any atom is 0.261 e. The topological polar surface area (TPSA) is 95.9 Å². The molecule has 0 aromatic carbocycles. The van der Waals surface area contributed by atoms with Crippen LogP contribution in [0.1, 0.15) is 55.0 Å². The second kappa shape index (κ2) is 8.85. The van der Waals surface area contributed by atoms with E-state index in [1.165, 1.54) is 0 Å². The van der Waals surface area contributed by atoms with Crippen LogP contribution >= 0.6 is 0 Å². The van der Waals surface area contributed by atoms with Crippen LogP contribution in [0.5, 0.6) is 5.75 Å². The van der Waals surface area contributed by atoms with Gasteiger partial charge in [-0.1, -0.05) is 20.8 Å². The molecule has 0 fully saturated rings. The molecule has 8 nitrogen and oxygen atoms in total. The summed E-state index contributed by atoms with van der Waals surface area (Å²) in [5.41, 5.74) is 4.66. The third-order valence-electron chi connectivity index (χ3n) is 5.52. The average Bonchev–Trinajstić information content (AvgIpc) is 3.20. The Hall–Kier alpha value is -3.81. The van der Waals surface area contributed by atoms with E-state index >= 15 is 0 Å². The van der Waals surface area contributed by atoms with E-state index in [4.69, 9.17) is 14.1 Å². The minimum absolute atomic E-state index is 0.154. The zero-order chi connectivity index (χ0) is 24.6. The molecule has 0 aliphatic rings. The van der Waals surface area contributed by atoms with Crippen molar-refractivity contribution in [1.29, 1.82) is 0 Å². The number of aromatic nitrogens is 5. The largest absolute Gasteiger partial charge is 0.487 e. The smallest absolute Gasteiger partial charge is 0.261 e. The fraction of sp³-hybridized carbons (Fsp3) is 0.346. The lowest BCUT2D eigenvalue weighted by Crippen LogP contribution is -2.23. The zero-order valence-corrected chi connectivity index (χ0v) is 20.6. The Bertz CT molecular complexity index is 1410. The van der Waals surface area contributed by atoms with Crippen LogP contribution in [0.3, 0.4) is 0 Å². The fourth-order valence-corrected chi connectivity index (χ4v) is 3.64. The molecule has 0 bridgehead atoms. The lowest BCUT2D eigenvalue weighted by molar-refractivity contribution is 0.297. The molecule has 0 radical (unpaired) electrons. The fourth-order valence-electron chi connectivity index (χ4n) is 3.64. The van der Waals surface area contributed by atoms with Crippen molar-refractivity contribution in [2.75, 3.05) is 0 Å². The van der Waals surface area contributed by atoms with Gasteiger partial charge in [-0.15, -0.1) is 0 Å². The number of hydrogen-bond acceptors (Lipinski definition) is 7. The molecule has 0 N–H and O–H groups in total. The summed E-state index contributed by atoms with van der Waals surface area (Å²) in [4.78, 5) is 31.4. The van der Waals surface area contributed by atoms with E-state index in [1.807, 2.05) is 38.2 Å². The van der Waals surface area contributed by atoms with Crippen LogP contribution in [0.25, 0.3) is 17.1 Å². The molecule has 0 atom stereocenters. The summed E-state index contributed by atoms with van der Waals surface area (Å²) in [7, 11) is 0. The Morgan fingerprint density at radius 2 is 1.82 bits per heavy atom. The molecule has 0 aliphatic carbocycles. The van der Waals surface area contributed by atoms with Crippen LogP contribution in [0.4, 0.5) is 0 Å². The van der Waals surface area contributed by atoms with Crippen LogP contribution < -0.4 is 10.3 Å². The van der Waals surface area contributed by atoms with Gasteiger partial charge in [0.25, 0.3) is 5.56 Å². The van der Waals surface area contributed by atoms with Gasteiger partial charge in [-0.05, 0) is 38.5 Å². The standard InChI is InChI=1S/C26H29N5O3/c1-15-12-28-25(26(5,6)7)30-23(15)21-11-20(8-9-27-21)31-16(2)10-22(17(3)24(31)32)34-14-19-13-33-18(4)29-19/h8-13H,14H2,1-7H3. The second-order valence-corrected chi connectivity index (χ2v) is 9.44. The van der Waals surface area contributed by atoms with E-state index in [0.29, 0.717) is 34.3 Å². The molecule has 4 rings (SSSR count). The first-order valence-corrected chi connectivity index (χ1v) is 11.1. The number of hydrogen-bond donors (Lipinski definition) is 0. The van der Waals surface area contributed by atoms with Gasteiger partial charge in [-0.25, -0.2) is 15.0 Å². The van der Waals surface area contributed by atoms with Crippen LogP contribution in [-0.2, 0) is 12.0 Å². The Labute approximate surface area is 198 Å². The highest BCUT2D eigenvalue weighted by Crippen LogP contribution is 2.26. The number of aryl methyl sites for hydroxylation is 3. The van der Waals surface area contributed by atoms with Gasteiger partial charge >= 0.3 is 0 Å². The number of ether oxygens (including phenoxy) is 1. The maximum absolute atomic E-state index is 13.3. The summed E-state index contributed by atoms with van der Waals surface area (Å²) in [5, 5.41) is 0. The molecular formula is C26H29N5O3. The van der Waals surface area contributed by atoms with E-state index in [9.17, 15) is 4.79 Å². The van der Waals surface area contributed by atoms with Crippen molar-refractivity contribution in [1.82, 2.24) is 24.5 Å². The quantitative estimate of drug-likeness (QED) is 0.423. The molecule has 4 aromatic heterocycles. The molecule has 8 heteroatoms. The third kappa shape index (κ3) is 4.62. The highest BCUT2D eigenvalue weighted by atomic mass is 16.5. The summed E-state index contributed by atoms with van der Waals surface area (Å²) in [6.07, 6.45) is 5.07. The van der Waals surface area contributed by atoms with Gasteiger partial charge < -0.3 is 9.15 Å². The third-order valence-corrected chi connectivity index (χ3v) is 5.52. The molecule has 34 heavy (non-hydrogen) atoms. The second-order valence-electron chi connectivity index (χ2n) is 9.44. The molecule has 4 aromatic rings. The summed E-state index contributed by atoms with van der Waals surface area (Å²) in [5.74, 6) is 1.84. The van der Waals surface area contributed by atoms with E-state index in [-0.39, 0.29) is 17.6 Å². The van der Waals surface area contributed by atoms with Gasteiger partial charge in [0.15, 0.2) is 5.89 Å². The number of oxazole rings is 1. The van der Waals surface area contributed by atoms with Gasteiger partial charge in [0, 0.05) is 36.5 Å². The summed E-state index contributed by atoms with van der Waals surface area (Å²) < 4.78 is 12.8. The Morgan fingerprint density at radius 3 is 2.50 bits per heavy atom. The first-order chi connectivity index (χ1) is 16.0. The van der Waals surface area contributed by atoms with E-state index in [0.717, 1.165) is 22.8 Å². The highest BCUT2D eigenvalue weighted by Gasteiger charge is 2.20. The minimum atomic E-state index is -0.189. The van der Waals surface area contributed by atoms with Crippen molar-refractivity contribution < 1.29 is 9.15 Å². The number of rotatable bonds is 5. The Kier molecular flexibility index (Phi) is 6.08. The van der Waals surface area contributed by atoms with Crippen molar-refractivity contribution in [3.8, 4) is 22.8 Å². The van der Waals surface area contributed by atoms with Gasteiger partial charge in [0.1, 0.15) is 30.1 Å². The predicted octanol–water partition coefficient (Wildman–Crippen LogP) is 4.79. The molecule has 0 spiro atoms. The van der Waals surface area contributed by atoms with Crippen molar-refractivity contribution in [3.63, 3.8) is 0 Å². The number of pyridine rings is 2. The zero-order valence-electron chi connectivity index (χ0n) is 20.6. The van der Waals surface area contributed by atoms with Gasteiger partial charge in [0.05, 0.1) is 22.6 Å². The minimum Gasteiger partial charge on any atom is -0.487 e. The van der Waals surface area contributed by atoms with Crippen LogP contribution in [-0.4, -0.2) is 24.5 Å². The molecule has 0 unspecified atom stereocenters. The summed E-state index contributed by atoms with van der Waals surface area (Å²) in [6, 6.07) is 5.56. The SMILES string of the molecule is Cc1nc(COc2cc(C)n(-c3ccnc(-c4nc(C(C)(C)C)ncc4C)c3)c(=O)c2C)co1. The van der Waals surface area contributed by atoms with Crippen molar-refractivity contribution >= 4 is 0 Å². The van der Waals surface area contributed by atoms with Gasteiger partial charge in [-0.2, -0.15) is 0 Å². The number of nitrogens with zero attached hydrogens (tertiary/aromatic N) is 5. The van der Waals surface area contributed by atoms with E-state index in [2.05, 4.69) is 35.7 Å². The predicted molar refractivity (Wildman–Crippen MR) is 129 cm³/mol. The molecule has 0 saturated heterocycles. The Balaban J connectivity index is 1.72. The average molecular weight is 460 g/mol. The van der Waals surface area contributed by atoms with Gasteiger partial charge in [0.2, 0.25) is 0 Å². The molecule has 0 saturated carbocycles.